The number of anilines is 2. The van der Waals surface area contributed by atoms with Gasteiger partial charge in [-0.1, -0.05) is 42.5 Å². The van der Waals surface area contributed by atoms with Crippen molar-refractivity contribution in [3.05, 3.63) is 89.5 Å². The van der Waals surface area contributed by atoms with Crippen molar-refractivity contribution >= 4 is 35.0 Å². The first-order chi connectivity index (χ1) is 17.4. The molecule has 0 spiro atoms. The van der Waals surface area contributed by atoms with E-state index in [9.17, 15) is 19.2 Å². The number of hydrogen-bond acceptors (Lipinski definition) is 5. The summed E-state index contributed by atoms with van der Waals surface area (Å²) in [5.74, 6) is -0.499. The van der Waals surface area contributed by atoms with Crippen LogP contribution in [0.15, 0.2) is 72.8 Å². The number of carbonyl (C=O) groups is 4. The molecule has 5 rings (SSSR count). The molecule has 0 aromatic heterocycles. The van der Waals surface area contributed by atoms with E-state index in [2.05, 4.69) is 5.32 Å². The molecule has 1 unspecified atom stereocenters. The van der Waals surface area contributed by atoms with Crippen LogP contribution in [0.25, 0.3) is 0 Å². The number of nitrogens with zero attached hydrogens (tertiary/aromatic N) is 2. The largest absolute Gasteiger partial charge is 0.479 e. The summed E-state index contributed by atoms with van der Waals surface area (Å²) >= 11 is 0. The Bertz CT molecular complexity index is 1320. The molecular weight excluding hydrogens is 458 g/mol. The van der Waals surface area contributed by atoms with Crippen LogP contribution in [0.5, 0.6) is 5.75 Å². The van der Waals surface area contributed by atoms with Gasteiger partial charge < -0.3 is 15.0 Å². The van der Waals surface area contributed by atoms with Gasteiger partial charge in [-0.25, -0.2) is 0 Å². The van der Waals surface area contributed by atoms with E-state index in [0.717, 1.165) is 5.56 Å². The molecule has 2 aliphatic heterocycles. The number of nitrogens with one attached hydrogen (secondary N) is 1. The third-order valence-electron chi connectivity index (χ3n) is 6.30. The van der Waals surface area contributed by atoms with Crippen LogP contribution in [0, 0.1) is 0 Å². The van der Waals surface area contributed by atoms with Gasteiger partial charge in [-0.15, -0.1) is 0 Å². The molecule has 1 atom stereocenters. The predicted molar refractivity (Wildman–Crippen MR) is 134 cm³/mol. The molecule has 182 valence electrons. The fourth-order valence-corrected chi connectivity index (χ4v) is 4.48. The van der Waals surface area contributed by atoms with E-state index >= 15 is 0 Å². The van der Waals surface area contributed by atoms with Crippen molar-refractivity contribution in [1.29, 1.82) is 0 Å². The minimum atomic E-state index is -0.608. The van der Waals surface area contributed by atoms with Gasteiger partial charge in [-0.05, 0) is 49.2 Å². The van der Waals surface area contributed by atoms with E-state index in [1.165, 1.54) is 4.90 Å². The molecule has 0 fully saturated rings. The summed E-state index contributed by atoms with van der Waals surface area (Å²) in [6, 6.07) is 21.6. The van der Waals surface area contributed by atoms with Crippen molar-refractivity contribution in [1.82, 2.24) is 4.90 Å². The standard InChI is InChI=1S/C28H25N3O5/c1-18-26(33)31(17-19-8-3-2-4-9-19)23-16-20(13-14-24(23)36-18)29-25(32)12-7-15-30-27(34)21-10-5-6-11-22(21)28(30)35/h2-6,8-11,13-14,16,18H,7,12,15,17H2,1H3,(H,29,32). The van der Waals surface area contributed by atoms with Crippen molar-refractivity contribution < 1.29 is 23.9 Å². The minimum absolute atomic E-state index is 0.130. The number of hydrogen-bond donors (Lipinski definition) is 1. The molecule has 4 amide bonds. The Labute approximate surface area is 208 Å². The highest BCUT2D eigenvalue weighted by molar-refractivity contribution is 6.21. The molecular formula is C28H25N3O5. The van der Waals surface area contributed by atoms with Gasteiger partial charge in [-0.3, -0.25) is 24.1 Å². The summed E-state index contributed by atoms with van der Waals surface area (Å²) in [6.07, 6.45) is -0.143. The zero-order chi connectivity index (χ0) is 25.2. The first-order valence-electron chi connectivity index (χ1n) is 11.8. The summed E-state index contributed by atoms with van der Waals surface area (Å²) < 4.78 is 5.77. The summed E-state index contributed by atoms with van der Waals surface area (Å²) in [7, 11) is 0. The van der Waals surface area contributed by atoms with Gasteiger partial charge in [-0.2, -0.15) is 0 Å². The van der Waals surface area contributed by atoms with E-state index in [1.54, 1.807) is 54.3 Å². The Morgan fingerprint density at radius 2 is 1.56 bits per heavy atom. The molecule has 2 aliphatic rings. The van der Waals surface area contributed by atoms with Crippen LogP contribution in [-0.4, -0.2) is 41.2 Å². The highest BCUT2D eigenvalue weighted by Crippen LogP contribution is 2.37. The second-order valence-corrected chi connectivity index (χ2v) is 8.81. The number of amides is 4. The van der Waals surface area contributed by atoms with Gasteiger partial charge in [0.15, 0.2) is 6.10 Å². The van der Waals surface area contributed by atoms with Gasteiger partial charge >= 0.3 is 0 Å². The molecule has 8 nitrogen and oxygen atoms in total. The van der Waals surface area contributed by atoms with Crippen LogP contribution in [0.2, 0.25) is 0 Å². The van der Waals surface area contributed by atoms with Crippen LogP contribution in [-0.2, 0) is 16.1 Å². The first kappa shape index (κ1) is 23.3. The highest BCUT2D eigenvalue weighted by atomic mass is 16.5. The van der Waals surface area contributed by atoms with Crippen molar-refractivity contribution in [2.24, 2.45) is 0 Å². The van der Waals surface area contributed by atoms with Crippen molar-refractivity contribution in [3.63, 3.8) is 0 Å². The third kappa shape index (κ3) is 4.45. The Morgan fingerprint density at radius 3 is 2.25 bits per heavy atom. The van der Waals surface area contributed by atoms with Crippen LogP contribution in [0.4, 0.5) is 11.4 Å². The lowest BCUT2D eigenvalue weighted by atomic mass is 10.1. The van der Waals surface area contributed by atoms with Crippen LogP contribution in [0.1, 0.15) is 46.0 Å². The van der Waals surface area contributed by atoms with Crippen molar-refractivity contribution in [2.45, 2.75) is 32.4 Å². The second-order valence-electron chi connectivity index (χ2n) is 8.81. The van der Waals surface area contributed by atoms with E-state index in [4.69, 9.17) is 4.74 Å². The van der Waals surface area contributed by atoms with Crippen LogP contribution >= 0.6 is 0 Å². The molecule has 0 radical (unpaired) electrons. The molecule has 2 heterocycles. The molecule has 36 heavy (non-hydrogen) atoms. The number of ether oxygens (including phenoxy) is 1. The quantitative estimate of drug-likeness (QED) is 0.512. The number of carbonyl (C=O) groups excluding carboxylic acids is 4. The fraction of sp³-hybridized carbons (Fsp3) is 0.214. The maximum absolute atomic E-state index is 12.9. The lowest BCUT2D eigenvalue weighted by Crippen LogP contribution is -2.44. The minimum Gasteiger partial charge on any atom is -0.479 e. The predicted octanol–water partition coefficient (Wildman–Crippen LogP) is 4.02. The molecule has 0 bridgehead atoms. The maximum Gasteiger partial charge on any atom is 0.268 e. The Balaban J connectivity index is 1.23. The SMILES string of the molecule is CC1Oc2ccc(NC(=O)CCCN3C(=O)c4ccccc4C3=O)cc2N(Cc2ccccc2)C1=O. The molecule has 8 heteroatoms. The van der Waals surface area contributed by atoms with Gasteiger partial charge in [0.25, 0.3) is 17.7 Å². The van der Waals surface area contributed by atoms with E-state index in [-0.39, 0.29) is 36.6 Å². The van der Waals surface area contributed by atoms with E-state index < -0.39 is 6.10 Å². The zero-order valence-corrected chi connectivity index (χ0v) is 19.8. The van der Waals surface area contributed by atoms with Crippen LogP contribution < -0.4 is 15.0 Å². The molecule has 3 aromatic carbocycles. The molecule has 0 saturated heterocycles. The summed E-state index contributed by atoms with van der Waals surface area (Å²) in [5.41, 5.74) is 2.89. The van der Waals surface area contributed by atoms with E-state index in [1.807, 2.05) is 30.3 Å². The monoisotopic (exact) mass is 483 g/mol. The Hall–Kier alpha value is -4.46. The topological polar surface area (TPSA) is 96.0 Å². The zero-order valence-electron chi connectivity index (χ0n) is 19.8. The Morgan fingerprint density at radius 1 is 0.889 bits per heavy atom. The maximum atomic E-state index is 12.9. The Kier molecular flexibility index (Phi) is 6.25. The third-order valence-corrected chi connectivity index (χ3v) is 6.30. The van der Waals surface area contributed by atoms with E-state index in [0.29, 0.717) is 41.2 Å². The first-order valence-corrected chi connectivity index (χ1v) is 11.8. The second kappa shape index (κ2) is 9.65. The lowest BCUT2D eigenvalue weighted by Gasteiger charge is -2.33. The average Bonchev–Trinajstić information content (AvgIpc) is 3.13. The number of benzene rings is 3. The summed E-state index contributed by atoms with van der Waals surface area (Å²) in [4.78, 5) is 53.3. The van der Waals surface area contributed by atoms with Crippen molar-refractivity contribution in [3.8, 4) is 5.75 Å². The molecule has 0 saturated carbocycles. The van der Waals surface area contributed by atoms with Gasteiger partial charge in [0.1, 0.15) is 5.75 Å². The molecule has 1 N–H and O–H groups in total. The number of imide groups is 1. The highest BCUT2D eigenvalue weighted by Gasteiger charge is 2.35. The van der Waals surface area contributed by atoms with Crippen molar-refractivity contribution in [2.75, 3.05) is 16.8 Å². The van der Waals surface area contributed by atoms with Gasteiger partial charge in [0, 0.05) is 18.7 Å². The summed E-state index contributed by atoms with van der Waals surface area (Å²) in [6.45, 7) is 2.26. The summed E-state index contributed by atoms with van der Waals surface area (Å²) in [5, 5.41) is 2.85. The fourth-order valence-electron chi connectivity index (χ4n) is 4.48. The van der Waals surface area contributed by atoms with Gasteiger partial charge in [0.2, 0.25) is 5.91 Å². The lowest BCUT2D eigenvalue weighted by molar-refractivity contribution is -0.125. The molecule has 3 aromatic rings. The van der Waals surface area contributed by atoms with Gasteiger partial charge in [0.05, 0.1) is 23.4 Å². The smallest absolute Gasteiger partial charge is 0.268 e. The average molecular weight is 484 g/mol. The molecule has 0 aliphatic carbocycles. The van der Waals surface area contributed by atoms with Crippen LogP contribution in [0.3, 0.4) is 0 Å². The number of rotatable bonds is 7. The normalized spacial score (nSPS) is 16.5. The number of fused-ring (bicyclic) bond motifs is 2.